The van der Waals surface area contributed by atoms with Gasteiger partial charge in [0, 0.05) is 11.8 Å². The largest absolute Gasteiger partial charge is 0.492 e. The summed E-state index contributed by atoms with van der Waals surface area (Å²) in [5.41, 5.74) is 1.55. The quantitative estimate of drug-likeness (QED) is 0.777. The van der Waals surface area contributed by atoms with Gasteiger partial charge in [0.2, 0.25) is 0 Å². The summed E-state index contributed by atoms with van der Waals surface area (Å²) < 4.78 is 18.6. The number of carbonyl (C=O) groups excluding carboxylic acids is 1. The van der Waals surface area contributed by atoms with Gasteiger partial charge in [0.05, 0.1) is 18.4 Å². The van der Waals surface area contributed by atoms with E-state index in [0.717, 1.165) is 11.1 Å². The van der Waals surface area contributed by atoms with Crippen LogP contribution in [0.1, 0.15) is 17.3 Å². The number of hydrogen-bond donors (Lipinski definition) is 0. The third kappa shape index (κ3) is 2.53. The van der Waals surface area contributed by atoms with Crippen molar-refractivity contribution in [2.24, 2.45) is 0 Å². The molecular weight excluding hydrogens is 233 g/mol. The fourth-order valence-electron chi connectivity index (χ4n) is 1.64. The highest BCUT2D eigenvalue weighted by atomic mass is 19.1. The maximum absolute atomic E-state index is 13.2. The summed E-state index contributed by atoms with van der Waals surface area (Å²) >= 11 is 0. The number of carbonyl (C=O) groups is 1. The van der Waals surface area contributed by atoms with Gasteiger partial charge < -0.3 is 4.74 Å². The molecule has 0 radical (unpaired) electrons. The second-order valence-corrected chi connectivity index (χ2v) is 3.70. The van der Waals surface area contributed by atoms with E-state index >= 15 is 0 Å². The average Bonchev–Trinajstić information content (AvgIpc) is 2.40. The average molecular weight is 245 g/mol. The Balaban J connectivity index is 2.41. The lowest BCUT2D eigenvalue weighted by atomic mass is 10.0. The maximum atomic E-state index is 13.2. The lowest BCUT2D eigenvalue weighted by Crippen LogP contribution is -1.93. The highest BCUT2D eigenvalue weighted by Gasteiger charge is 2.05. The summed E-state index contributed by atoms with van der Waals surface area (Å²) in [5, 5.41) is 0. The molecule has 18 heavy (non-hydrogen) atoms. The molecule has 0 saturated heterocycles. The van der Waals surface area contributed by atoms with Crippen molar-refractivity contribution in [1.82, 2.24) is 4.98 Å². The van der Waals surface area contributed by atoms with Crippen LogP contribution in [0.3, 0.4) is 0 Å². The van der Waals surface area contributed by atoms with E-state index in [1.807, 2.05) is 6.92 Å². The number of pyridine rings is 1. The monoisotopic (exact) mass is 245 g/mol. The number of rotatable bonds is 4. The molecule has 0 fully saturated rings. The fourth-order valence-corrected chi connectivity index (χ4v) is 1.64. The molecule has 0 aliphatic rings. The van der Waals surface area contributed by atoms with Gasteiger partial charge in [0.15, 0.2) is 6.29 Å². The minimum Gasteiger partial charge on any atom is -0.492 e. The molecule has 0 aliphatic carbocycles. The number of ether oxygens (including phenoxy) is 1. The summed E-state index contributed by atoms with van der Waals surface area (Å²) in [6, 6.07) is 6.18. The zero-order valence-electron chi connectivity index (χ0n) is 9.89. The number of aromatic nitrogens is 1. The molecule has 4 heteroatoms. The van der Waals surface area contributed by atoms with Crippen LogP contribution in [-0.4, -0.2) is 17.9 Å². The second kappa shape index (κ2) is 5.40. The third-order valence-corrected chi connectivity index (χ3v) is 2.48. The minimum absolute atomic E-state index is 0.0364. The van der Waals surface area contributed by atoms with Gasteiger partial charge in [-0.3, -0.25) is 9.78 Å². The van der Waals surface area contributed by atoms with E-state index in [-0.39, 0.29) is 5.56 Å². The van der Waals surface area contributed by atoms with Crippen molar-refractivity contribution in [1.29, 1.82) is 0 Å². The topological polar surface area (TPSA) is 39.2 Å². The van der Waals surface area contributed by atoms with Crippen LogP contribution in [0, 0.1) is 5.82 Å². The van der Waals surface area contributed by atoms with Crippen molar-refractivity contribution in [3.63, 3.8) is 0 Å². The van der Waals surface area contributed by atoms with Crippen molar-refractivity contribution in [3.8, 4) is 16.9 Å². The Morgan fingerprint density at radius 2 is 2.11 bits per heavy atom. The zero-order chi connectivity index (χ0) is 13.0. The summed E-state index contributed by atoms with van der Waals surface area (Å²) in [6.07, 6.45) is 3.75. The van der Waals surface area contributed by atoms with Gasteiger partial charge in [-0.25, -0.2) is 4.39 Å². The normalized spacial score (nSPS) is 10.1. The SMILES string of the molecule is CCOc1cncc(-c2ccc(F)c(C=O)c2)c1. The predicted molar refractivity (Wildman–Crippen MR) is 66.2 cm³/mol. The van der Waals surface area contributed by atoms with Crippen LogP contribution in [0.5, 0.6) is 5.75 Å². The molecule has 2 rings (SSSR count). The second-order valence-electron chi connectivity index (χ2n) is 3.70. The van der Waals surface area contributed by atoms with E-state index in [4.69, 9.17) is 4.74 Å². The van der Waals surface area contributed by atoms with Crippen LogP contribution in [0.2, 0.25) is 0 Å². The molecule has 0 saturated carbocycles. The number of hydrogen-bond acceptors (Lipinski definition) is 3. The van der Waals surface area contributed by atoms with E-state index in [2.05, 4.69) is 4.98 Å². The summed E-state index contributed by atoms with van der Waals surface area (Å²) in [7, 11) is 0. The molecule has 0 bridgehead atoms. The van der Waals surface area contributed by atoms with Gasteiger partial charge in [0.1, 0.15) is 11.6 Å². The fraction of sp³-hybridized carbons (Fsp3) is 0.143. The Morgan fingerprint density at radius 3 is 2.83 bits per heavy atom. The van der Waals surface area contributed by atoms with E-state index in [1.54, 1.807) is 24.5 Å². The first-order valence-electron chi connectivity index (χ1n) is 5.57. The minimum atomic E-state index is -0.525. The van der Waals surface area contributed by atoms with Crippen molar-refractivity contribution in [2.75, 3.05) is 6.61 Å². The van der Waals surface area contributed by atoms with Gasteiger partial charge in [-0.2, -0.15) is 0 Å². The Hall–Kier alpha value is -2.23. The van der Waals surface area contributed by atoms with Crippen molar-refractivity contribution in [3.05, 3.63) is 48.0 Å². The lowest BCUT2D eigenvalue weighted by Gasteiger charge is -2.06. The van der Waals surface area contributed by atoms with Gasteiger partial charge in [-0.05, 0) is 30.7 Å². The molecule has 0 amide bonds. The highest BCUT2D eigenvalue weighted by molar-refractivity contribution is 5.79. The first-order valence-corrected chi connectivity index (χ1v) is 5.57. The van der Waals surface area contributed by atoms with Gasteiger partial charge >= 0.3 is 0 Å². The molecule has 1 aromatic carbocycles. The summed E-state index contributed by atoms with van der Waals surface area (Å²) in [4.78, 5) is 14.8. The highest BCUT2D eigenvalue weighted by Crippen LogP contribution is 2.24. The molecule has 0 unspecified atom stereocenters. The Morgan fingerprint density at radius 1 is 1.28 bits per heavy atom. The van der Waals surface area contributed by atoms with Crippen molar-refractivity contribution >= 4 is 6.29 Å². The van der Waals surface area contributed by atoms with Crippen molar-refractivity contribution in [2.45, 2.75) is 6.92 Å². The van der Waals surface area contributed by atoms with E-state index in [0.29, 0.717) is 18.6 Å². The van der Waals surface area contributed by atoms with Crippen LogP contribution < -0.4 is 4.74 Å². The number of benzene rings is 1. The number of nitrogens with zero attached hydrogens (tertiary/aromatic N) is 1. The van der Waals surface area contributed by atoms with Crippen molar-refractivity contribution < 1.29 is 13.9 Å². The predicted octanol–water partition coefficient (Wildman–Crippen LogP) is 3.10. The first-order chi connectivity index (χ1) is 8.74. The number of halogens is 1. The standard InChI is InChI=1S/C14H12FNO2/c1-2-18-13-6-11(7-16-8-13)10-3-4-14(15)12(5-10)9-17/h3-9H,2H2,1H3. The smallest absolute Gasteiger partial charge is 0.153 e. The van der Waals surface area contributed by atoms with Gasteiger partial charge in [-0.1, -0.05) is 6.07 Å². The summed E-state index contributed by atoms with van der Waals surface area (Å²) in [5.74, 6) is 0.120. The molecule has 2 aromatic rings. The molecule has 0 atom stereocenters. The van der Waals surface area contributed by atoms with E-state index < -0.39 is 5.82 Å². The van der Waals surface area contributed by atoms with Crippen LogP contribution in [0.25, 0.3) is 11.1 Å². The van der Waals surface area contributed by atoms with Gasteiger partial charge in [-0.15, -0.1) is 0 Å². The molecular formula is C14H12FNO2. The molecule has 0 aliphatic heterocycles. The first kappa shape index (κ1) is 12.2. The van der Waals surface area contributed by atoms with Crippen LogP contribution in [0.15, 0.2) is 36.7 Å². The zero-order valence-corrected chi connectivity index (χ0v) is 9.89. The van der Waals surface area contributed by atoms with E-state index in [9.17, 15) is 9.18 Å². The Bertz CT molecular complexity index is 569. The third-order valence-electron chi connectivity index (χ3n) is 2.48. The van der Waals surface area contributed by atoms with Crippen LogP contribution >= 0.6 is 0 Å². The maximum Gasteiger partial charge on any atom is 0.153 e. The summed E-state index contributed by atoms with van der Waals surface area (Å²) in [6.45, 7) is 2.43. The number of aldehydes is 1. The van der Waals surface area contributed by atoms with Crippen LogP contribution in [-0.2, 0) is 0 Å². The molecule has 0 N–H and O–H groups in total. The molecule has 1 heterocycles. The van der Waals surface area contributed by atoms with Crippen LogP contribution in [0.4, 0.5) is 4.39 Å². The Labute approximate surface area is 104 Å². The lowest BCUT2D eigenvalue weighted by molar-refractivity contribution is 0.112. The van der Waals surface area contributed by atoms with Gasteiger partial charge in [0.25, 0.3) is 0 Å². The Kier molecular flexibility index (Phi) is 3.67. The molecule has 92 valence electrons. The molecule has 3 nitrogen and oxygen atoms in total. The van der Waals surface area contributed by atoms with E-state index in [1.165, 1.54) is 12.1 Å². The molecule has 0 spiro atoms. The molecule has 1 aromatic heterocycles.